The quantitative estimate of drug-likeness (QED) is 0.615. The molecule has 142 valence electrons. The lowest BCUT2D eigenvalue weighted by atomic mass is 10.1. The molecule has 1 unspecified atom stereocenters. The van der Waals surface area contributed by atoms with Gasteiger partial charge in [0.15, 0.2) is 0 Å². The minimum absolute atomic E-state index is 0.0852. The van der Waals surface area contributed by atoms with Gasteiger partial charge in [-0.3, -0.25) is 9.59 Å². The van der Waals surface area contributed by atoms with Gasteiger partial charge in [-0.05, 0) is 24.3 Å². The number of benzene rings is 2. The molecule has 3 N–H and O–H groups in total. The minimum Gasteiger partial charge on any atom is -0.490 e. The second kappa shape index (κ2) is 9.59. The van der Waals surface area contributed by atoms with Crippen LogP contribution >= 0.6 is 0 Å². The third-order valence-corrected chi connectivity index (χ3v) is 4.00. The van der Waals surface area contributed by atoms with E-state index in [1.807, 2.05) is 36.4 Å². The Labute approximate surface area is 158 Å². The molecule has 7 heteroatoms. The number of rotatable bonds is 8. The van der Waals surface area contributed by atoms with E-state index in [9.17, 15) is 9.59 Å². The highest BCUT2D eigenvalue weighted by molar-refractivity contribution is 5.95. The monoisotopic (exact) mass is 369 g/mol. The maximum absolute atomic E-state index is 12.2. The summed E-state index contributed by atoms with van der Waals surface area (Å²) in [5.74, 6) is 1.06. The van der Waals surface area contributed by atoms with E-state index in [-0.39, 0.29) is 18.2 Å². The third kappa shape index (κ3) is 6.00. The van der Waals surface area contributed by atoms with E-state index in [2.05, 4.69) is 16.0 Å². The van der Waals surface area contributed by atoms with Crippen LogP contribution in [0.15, 0.2) is 54.6 Å². The second-order valence-corrected chi connectivity index (χ2v) is 6.09. The number of piperazine rings is 1. The van der Waals surface area contributed by atoms with Crippen molar-refractivity contribution in [3.63, 3.8) is 0 Å². The van der Waals surface area contributed by atoms with Gasteiger partial charge in [0.1, 0.15) is 24.7 Å². The van der Waals surface area contributed by atoms with E-state index in [4.69, 9.17) is 9.47 Å². The molecule has 0 saturated carbocycles. The van der Waals surface area contributed by atoms with Crippen LogP contribution in [-0.2, 0) is 9.59 Å². The Morgan fingerprint density at radius 1 is 1.00 bits per heavy atom. The van der Waals surface area contributed by atoms with Gasteiger partial charge in [-0.25, -0.2) is 0 Å². The first-order valence-corrected chi connectivity index (χ1v) is 8.92. The SMILES string of the molecule is O=C(CC1NCCNC1=O)Nc1cccc(OCCOc2ccccc2)c1. The first kappa shape index (κ1) is 18.7. The summed E-state index contributed by atoms with van der Waals surface area (Å²) < 4.78 is 11.2. The molecule has 1 aliphatic heterocycles. The molecular weight excluding hydrogens is 346 g/mol. The molecule has 7 nitrogen and oxygen atoms in total. The number of ether oxygens (including phenoxy) is 2. The molecule has 0 aliphatic carbocycles. The predicted octanol–water partition coefficient (Wildman–Crippen LogP) is 1.56. The molecule has 2 aromatic carbocycles. The molecule has 0 radical (unpaired) electrons. The van der Waals surface area contributed by atoms with Crippen LogP contribution in [0.3, 0.4) is 0 Å². The number of carbonyl (C=O) groups is 2. The number of para-hydroxylation sites is 1. The minimum atomic E-state index is -0.492. The van der Waals surface area contributed by atoms with Crippen LogP contribution in [0, 0.1) is 0 Å². The second-order valence-electron chi connectivity index (χ2n) is 6.09. The average Bonchev–Trinajstić information content (AvgIpc) is 2.68. The van der Waals surface area contributed by atoms with Crippen LogP contribution in [0.1, 0.15) is 6.42 Å². The molecule has 1 saturated heterocycles. The van der Waals surface area contributed by atoms with Crippen molar-refractivity contribution in [2.75, 3.05) is 31.6 Å². The van der Waals surface area contributed by atoms with Crippen molar-refractivity contribution < 1.29 is 19.1 Å². The molecule has 2 aromatic rings. The summed E-state index contributed by atoms with van der Waals surface area (Å²) in [7, 11) is 0. The van der Waals surface area contributed by atoms with E-state index >= 15 is 0 Å². The van der Waals surface area contributed by atoms with Crippen LogP contribution in [-0.4, -0.2) is 44.2 Å². The van der Waals surface area contributed by atoms with Gasteiger partial charge in [-0.15, -0.1) is 0 Å². The lowest BCUT2D eigenvalue weighted by Gasteiger charge is -2.22. The smallest absolute Gasteiger partial charge is 0.237 e. The summed E-state index contributed by atoms with van der Waals surface area (Å²) >= 11 is 0. The van der Waals surface area contributed by atoms with E-state index in [0.29, 0.717) is 37.7 Å². The van der Waals surface area contributed by atoms with Crippen LogP contribution in [0.25, 0.3) is 0 Å². The number of amides is 2. The van der Waals surface area contributed by atoms with Crippen LogP contribution in [0.5, 0.6) is 11.5 Å². The van der Waals surface area contributed by atoms with Crippen molar-refractivity contribution in [2.24, 2.45) is 0 Å². The lowest BCUT2D eigenvalue weighted by Crippen LogP contribution is -2.53. The number of hydrogen-bond donors (Lipinski definition) is 3. The summed E-state index contributed by atoms with van der Waals surface area (Å²) in [5.41, 5.74) is 0.623. The van der Waals surface area contributed by atoms with Crippen LogP contribution < -0.4 is 25.4 Å². The zero-order chi connectivity index (χ0) is 18.9. The summed E-state index contributed by atoms with van der Waals surface area (Å²) in [6.07, 6.45) is 0.0852. The van der Waals surface area contributed by atoms with Gasteiger partial charge in [0, 0.05) is 24.8 Å². The molecule has 1 atom stereocenters. The number of hydrogen-bond acceptors (Lipinski definition) is 5. The van der Waals surface area contributed by atoms with Gasteiger partial charge < -0.3 is 25.4 Å². The Bertz CT molecular complexity index is 767. The first-order valence-electron chi connectivity index (χ1n) is 8.92. The van der Waals surface area contributed by atoms with Gasteiger partial charge in [0.2, 0.25) is 11.8 Å². The van der Waals surface area contributed by atoms with E-state index < -0.39 is 6.04 Å². The van der Waals surface area contributed by atoms with E-state index in [0.717, 1.165) is 5.75 Å². The summed E-state index contributed by atoms with van der Waals surface area (Å²) in [5, 5.41) is 8.57. The molecule has 1 aliphatic rings. The van der Waals surface area contributed by atoms with Crippen molar-refractivity contribution in [1.29, 1.82) is 0 Å². The van der Waals surface area contributed by atoms with Crippen molar-refractivity contribution in [3.8, 4) is 11.5 Å². The fourth-order valence-corrected chi connectivity index (χ4v) is 2.71. The molecule has 3 rings (SSSR count). The molecule has 1 heterocycles. The Morgan fingerprint density at radius 2 is 1.74 bits per heavy atom. The number of nitrogens with one attached hydrogen (secondary N) is 3. The summed E-state index contributed by atoms with van der Waals surface area (Å²) in [4.78, 5) is 23.9. The van der Waals surface area contributed by atoms with Gasteiger partial charge >= 0.3 is 0 Å². The molecule has 2 amide bonds. The molecule has 0 bridgehead atoms. The highest BCUT2D eigenvalue weighted by atomic mass is 16.5. The van der Waals surface area contributed by atoms with Crippen LogP contribution in [0.2, 0.25) is 0 Å². The van der Waals surface area contributed by atoms with Gasteiger partial charge in [0.25, 0.3) is 0 Å². The summed E-state index contributed by atoms with van der Waals surface area (Å²) in [6.45, 7) is 2.06. The molecular formula is C20H23N3O4. The van der Waals surface area contributed by atoms with E-state index in [1.165, 1.54) is 0 Å². The maximum atomic E-state index is 12.2. The zero-order valence-corrected chi connectivity index (χ0v) is 14.9. The molecule has 1 fully saturated rings. The normalized spacial score (nSPS) is 16.3. The Hall–Kier alpha value is -3.06. The summed E-state index contributed by atoms with van der Waals surface area (Å²) in [6, 6.07) is 16.2. The van der Waals surface area contributed by atoms with Crippen molar-refractivity contribution in [3.05, 3.63) is 54.6 Å². The molecule has 0 spiro atoms. The van der Waals surface area contributed by atoms with Gasteiger partial charge in [-0.1, -0.05) is 24.3 Å². The van der Waals surface area contributed by atoms with Crippen molar-refractivity contribution in [2.45, 2.75) is 12.5 Å². The average molecular weight is 369 g/mol. The largest absolute Gasteiger partial charge is 0.490 e. The fourth-order valence-electron chi connectivity index (χ4n) is 2.71. The zero-order valence-electron chi connectivity index (χ0n) is 14.9. The van der Waals surface area contributed by atoms with Crippen molar-refractivity contribution in [1.82, 2.24) is 10.6 Å². The highest BCUT2D eigenvalue weighted by Crippen LogP contribution is 2.18. The molecule has 0 aromatic heterocycles. The molecule has 27 heavy (non-hydrogen) atoms. The van der Waals surface area contributed by atoms with E-state index in [1.54, 1.807) is 18.2 Å². The topological polar surface area (TPSA) is 88.7 Å². The lowest BCUT2D eigenvalue weighted by molar-refractivity contribution is -0.127. The van der Waals surface area contributed by atoms with Gasteiger partial charge in [-0.2, -0.15) is 0 Å². The first-order chi connectivity index (χ1) is 13.2. The standard InChI is InChI=1S/C20H23N3O4/c24-19(14-18-20(25)22-10-9-21-18)23-15-5-4-8-17(13-15)27-12-11-26-16-6-2-1-3-7-16/h1-8,13,18,21H,9-12,14H2,(H,22,25)(H,23,24). The Morgan fingerprint density at radius 3 is 2.52 bits per heavy atom. The van der Waals surface area contributed by atoms with Crippen molar-refractivity contribution >= 4 is 17.5 Å². The fraction of sp³-hybridized carbons (Fsp3) is 0.300. The Kier molecular flexibility index (Phi) is 6.65. The maximum Gasteiger partial charge on any atom is 0.237 e. The van der Waals surface area contributed by atoms with Gasteiger partial charge in [0.05, 0.1) is 12.5 Å². The Balaban J connectivity index is 1.44. The van der Waals surface area contributed by atoms with Crippen LogP contribution in [0.4, 0.5) is 5.69 Å². The highest BCUT2D eigenvalue weighted by Gasteiger charge is 2.23. The number of carbonyl (C=O) groups excluding carboxylic acids is 2. The predicted molar refractivity (Wildman–Crippen MR) is 102 cm³/mol. The number of anilines is 1. The third-order valence-electron chi connectivity index (χ3n) is 4.00.